The van der Waals surface area contributed by atoms with E-state index in [-0.39, 0.29) is 29.9 Å². The lowest BCUT2D eigenvalue weighted by molar-refractivity contribution is -0.134. The van der Waals surface area contributed by atoms with Crippen LogP contribution in [0.4, 0.5) is 4.39 Å². The van der Waals surface area contributed by atoms with E-state index in [9.17, 15) is 14.0 Å². The van der Waals surface area contributed by atoms with Gasteiger partial charge in [0, 0.05) is 32.8 Å². The molecule has 1 saturated heterocycles. The molecule has 2 rings (SSSR count). The van der Waals surface area contributed by atoms with Crippen molar-refractivity contribution in [3.8, 4) is 0 Å². The van der Waals surface area contributed by atoms with E-state index in [0.29, 0.717) is 38.2 Å². The van der Waals surface area contributed by atoms with Gasteiger partial charge in [-0.3, -0.25) is 14.5 Å². The molecule has 1 fully saturated rings. The van der Waals surface area contributed by atoms with E-state index in [1.807, 2.05) is 4.90 Å². The van der Waals surface area contributed by atoms with Gasteiger partial charge in [-0.25, -0.2) is 4.39 Å². The zero-order chi connectivity index (χ0) is 17.5. The Balaban J connectivity index is 2.01. The molecule has 1 aromatic rings. The van der Waals surface area contributed by atoms with Crippen molar-refractivity contribution in [2.45, 2.75) is 25.4 Å². The second kappa shape index (κ2) is 8.96. The summed E-state index contributed by atoms with van der Waals surface area (Å²) in [6, 6.07) is 3.92. The molecule has 6 nitrogen and oxygen atoms in total. The number of benzene rings is 1. The fourth-order valence-corrected chi connectivity index (χ4v) is 2.72. The fraction of sp³-hybridized carbons (Fsp3) is 0.500. The monoisotopic (exact) mass is 357 g/mol. The van der Waals surface area contributed by atoms with Crippen LogP contribution in [0, 0.1) is 5.82 Å². The summed E-state index contributed by atoms with van der Waals surface area (Å²) in [5.41, 5.74) is 0.692. The maximum Gasteiger partial charge on any atom is 0.237 e. The molecule has 1 aliphatic rings. The van der Waals surface area contributed by atoms with Crippen molar-refractivity contribution < 1.29 is 19.1 Å². The van der Waals surface area contributed by atoms with Gasteiger partial charge in [0.2, 0.25) is 11.8 Å². The van der Waals surface area contributed by atoms with Gasteiger partial charge in [0.15, 0.2) is 0 Å². The van der Waals surface area contributed by atoms with Crippen LogP contribution in [0.1, 0.15) is 18.4 Å². The number of hydrogen-bond donors (Lipinski definition) is 3. The van der Waals surface area contributed by atoms with E-state index in [1.165, 1.54) is 12.1 Å². The Morgan fingerprint density at radius 3 is 3.00 bits per heavy atom. The summed E-state index contributed by atoms with van der Waals surface area (Å²) < 4.78 is 13.6. The van der Waals surface area contributed by atoms with E-state index in [1.54, 1.807) is 6.07 Å². The number of aliphatic hydroxyl groups is 1. The Bertz CT molecular complexity index is 600. The maximum absolute atomic E-state index is 13.6. The van der Waals surface area contributed by atoms with Crippen LogP contribution in [0.5, 0.6) is 0 Å². The minimum atomic E-state index is -0.605. The van der Waals surface area contributed by atoms with E-state index in [4.69, 9.17) is 16.7 Å². The maximum atomic E-state index is 13.6. The van der Waals surface area contributed by atoms with Gasteiger partial charge < -0.3 is 15.7 Å². The minimum Gasteiger partial charge on any atom is -0.396 e. The molecule has 3 N–H and O–H groups in total. The summed E-state index contributed by atoms with van der Waals surface area (Å²) in [5.74, 6) is -0.972. The third kappa shape index (κ3) is 5.15. The van der Waals surface area contributed by atoms with Gasteiger partial charge in [-0.1, -0.05) is 17.7 Å². The number of carbonyl (C=O) groups is 2. The first-order valence-corrected chi connectivity index (χ1v) is 8.22. The van der Waals surface area contributed by atoms with Crippen molar-refractivity contribution >= 4 is 23.4 Å². The Morgan fingerprint density at radius 2 is 2.29 bits per heavy atom. The van der Waals surface area contributed by atoms with Crippen LogP contribution in [-0.4, -0.2) is 54.1 Å². The molecule has 0 aromatic heterocycles. The van der Waals surface area contributed by atoms with Crippen LogP contribution in [-0.2, 0) is 16.1 Å². The van der Waals surface area contributed by atoms with Crippen molar-refractivity contribution in [1.82, 2.24) is 15.5 Å². The summed E-state index contributed by atoms with van der Waals surface area (Å²) in [6.07, 6.45) is 0.490. The molecular weight excluding hydrogens is 337 g/mol. The second-order valence-corrected chi connectivity index (χ2v) is 6.06. The van der Waals surface area contributed by atoms with Crippen molar-refractivity contribution in [3.05, 3.63) is 34.6 Å². The van der Waals surface area contributed by atoms with Gasteiger partial charge >= 0.3 is 0 Å². The van der Waals surface area contributed by atoms with Gasteiger partial charge in [0.05, 0.1) is 17.5 Å². The van der Waals surface area contributed by atoms with Gasteiger partial charge in [-0.2, -0.15) is 0 Å². The van der Waals surface area contributed by atoms with Gasteiger partial charge in [-0.15, -0.1) is 0 Å². The average Bonchev–Trinajstić information content (AvgIpc) is 2.54. The highest BCUT2D eigenvalue weighted by molar-refractivity contribution is 6.30. The molecule has 1 aromatic carbocycles. The molecule has 1 heterocycles. The van der Waals surface area contributed by atoms with E-state index in [2.05, 4.69) is 10.6 Å². The molecule has 132 valence electrons. The predicted octanol–water partition coefficient (Wildman–Crippen LogP) is 0.668. The number of aliphatic hydroxyl groups excluding tert-OH is 1. The Labute approximate surface area is 145 Å². The van der Waals surface area contributed by atoms with Gasteiger partial charge in [0.1, 0.15) is 5.82 Å². The third-order valence-corrected chi connectivity index (χ3v) is 4.15. The van der Waals surface area contributed by atoms with Crippen LogP contribution >= 0.6 is 11.6 Å². The average molecular weight is 358 g/mol. The Kier molecular flexibility index (Phi) is 6.96. The van der Waals surface area contributed by atoms with Crippen LogP contribution in [0.15, 0.2) is 18.2 Å². The number of nitrogens with zero attached hydrogens (tertiary/aromatic N) is 1. The molecule has 1 atom stereocenters. The predicted molar refractivity (Wildman–Crippen MR) is 87.9 cm³/mol. The highest BCUT2D eigenvalue weighted by Gasteiger charge is 2.31. The number of rotatable bonds is 7. The molecule has 0 saturated carbocycles. The topological polar surface area (TPSA) is 81.7 Å². The van der Waals surface area contributed by atoms with E-state index in [0.717, 1.165) is 0 Å². The first-order valence-electron chi connectivity index (χ1n) is 7.84. The molecule has 2 amide bonds. The van der Waals surface area contributed by atoms with Crippen molar-refractivity contribution in [1.29, 1.82) is 0 Å². The van der Waals surface area contributed by atoms with E-state index < -0.39 is 11.9 Å². The largest absolute Gasteiger partial charge is 0.396 e. The zero-order valence-electron chi connectivity index (χ0n) is 13.2. The number of halogens is 2. The summed E-state index contributed by atoms with van der Waals surface area (Å²) in [5, 5.41) is 14.2. The van der Waals surface area contributed by atoms with Crippen molar-refractivity contribution in [2.24, 2.45) is 0 Å². The number of hydrogen-bond acceptors (Lipinski definition) is 4. The minimum absolute atomic E-state index is 0.00154. The SMILES string of the molecule is O=C(C[C@@H]1C(=O)NCCN1Cc1ccc(Cl)c(F)c1)NCCCO. The van der Waals surface area contributed by atoms with Gasteiger partial charge in [0.25, 0.3) is 0 Å². The quantitative estimate of drug-likeness (QED) is 0.626. The molecule has 0 aliphatic carbocycles. The highest BCUT2D eigenvalue weighted by atomic mass is 35.5. The first kappa shape index (κ1) is 18.6. The normalized spacial score (nSPS) is 18.3. The lowest BCUT2D eigenvalue weighted by Crippen LogP contribution is -2.56. The van der Waals surface area contributed by atoms with Crippen LogP contribution in [0.3, 0.4) is 0 Å². The van der Waals surface area contributed by atoms with Crippen LogP contribution < -0.4 is 10.6 Å². The molecule has 0 unspecified atom stereocenters. The number of amides is 2. The molecule has 0 spiro atoms. The molecule has 1 aliphatic heterocycles. The Hall–Kier alpha value is -1.70. The Morgan fingerprint density at radius 1 is 1.50 bits per heavy atom. The lowest BCUT2D eigenvalue weighted by Gasteiger charge is -2.34. The molecule has 8 heteroatoms. The van der Waals surface area contributed by atoms with Crippen LogP contribution in [0.25, 0.3) is 0 Å². The van der Waals surface area contributed by atoms with E-state index >= 15 is 0 Å². The van der Waals surface area contributed by atoms with Crippen LogP contribution in [0.2, 0.25) is 5.02 Å². The first-order chi connectivity index (χ1) is 11.5. The number of piperazine rings is 1. The summed E-state index contributed by atoms with van der Waals surface area (Å²) >= 11 is 5.68. The zero-order valence-corrected chi connectivity index (χ0v) is 14.0. The lowest BCUT2D eigenvalue weighted by atomic mass is 10.1. The third-order valence-electron chi connectivity index (χ3n) is 3.85. The van der Waals surface area contributed by atoms with Crippen molar-refractivity contribution in [2.75, 3.05) is 26.2 Å². The molecule has 0 bridgehead atoms. The summed E-state index contributed by atoms with van der Waals surface area (Å²) in [4.78, 5) is 25.9. The van der Waals surface area contributed by atoms with Crippen molar-refractivity contribution in [3.63, 3.8) is 0 Å². The number of nitrogens with one attached hydrogen (secondary N) is 2. The molecule has 24 heavy (non-hydrogen) atoms. The molecular formula is C16H21ClFN3O3. The summed E-state index contributed by atoms with van der Waals surface area (Å²) in [6.45, 7) is 1.78. The van der Waals surface area contributed by atoms with Gasteiger partial charge in [-0.05, 0) is 24.1 Å². The smallest absolute Gasteiger partial charge is 0.237 e. The molecule has 0 radical (unpaired) electrons. The summed E-state index contributed by atoms with van der Waals surface area (Å²) in [7, 11) is 0. The number of carbonyl (C=O) groups excluding carboxylic acids is 2. The standard InChI is InChI=1S/C16H21ClFN3O3/c17-12-3-2-11(8-13(12)18)10-21-6-5-20-16(24)14(21)9-15(23)19-4-1-7-22/h2-3,8,14,22H,1,4-7,9-10H2,(H,19,23)(H,20,24)/t14-/m1/s1. The highest BCUT2D eigenvalue weighted by Crippen LogP contribution is 2.19. The second-order valence-electron chi connectivity index (χ2n) is 5.66. The fourth-order valence-electron chi connectivity index (χ4n) is 2.60.